The van der Waals surface area contributed by atoms with Gasteiger partial charge in [0.15, 0.2) is 0 Å². The number of hydrogen-bond donors (Lipinski definition) is 0. The Morgan fingerprint density at radius 1 is 0.419 bits per heavy atom. The first kappa shape index (κ1) is 30.5. The predicted molar refractivity (Wildman–Crippen MR) is 131 cm³/mol. The van der Waals surface area contributed by atoms with E-state index in [0.29, 0.717) is 0 Å². The van der Waals surface area contributed by atoms with Gasteiger partial charge >= 0.3 is 35.6 Å². The van der Waals surface area contributed by atoms with E-state index in [1.54, 1.807) is 0 Å². The second-order valence-corrected chi connectivity index (χ2v) is 7.51. The zero-order chi connectivity index (χ0) is 22.2. The quantitative estimate of drug-likeness (QED) is 0.446. The molecule has 0 unspecified atom stereocenters. The van der Waals surface area contributed by atoms with Gasteiger partial charge in [0.05, 0.1) is 0 Å². The number of allylic oxidation sites excluding steroid dienone is 9. The summed E-state index contributed by atoms with van der Waals surface area (Å²) in [5, 5.41) is 0. The van der Waals surface area contributed by atoms with E-state index in [-0.39, 0.29) is 35.6 Å². The van der Waals surface area contributed by atoms with Gasteiger partial charge in [-0.3, -0.25) is 19.6 Å². The first-order valence-electron chi connectivity index (χ1n) is 10.1. The van der Waals surface area contributed by atoms with Gasteiger partial charge in [-0.1, -0.05) is 54.7 Å². The minimum Gasteiger partial charge on any atom is -0.461 e. The fraction of sp³-hybridized carbons (Fsp3) is 0.222. The molecule has 3 aliphatic rings. The Morgan fingerprint density at radius 3 is 0.839 bits per heavy atom. The van der Waals surface area contributed by atoms with Crippen LogP contribution in [-0.4, -0.2) is 57.0 Å². The van der Waals surface area contributed by atoms with Gasteiger partial charge in [-0.25, -0.2) is 0 Å². The van der Waals surface area contributed by atoms with Crippen LogP contribution in [-0.2, 0) is 0 Å². The molecule has 0 bridgehead atoms. The Bertz CT molecular complexity index is 526. The molecule has 0 aromatic rings. The van der Waals surface area contributed by atoms with Crippen LogP contribution in [0.3, 0.4) is 0 Å². The number of hydrogen-bond acceptors (Lipinski definition) is 3. The van der Waals surface area contributed by atoms with Crippen LogP contribution in [0.4, 0.5) is 0 Å². The molecule has 0 saturated heterocycles. The molecular formula is C27H36LaN3. The van der Waals surface area contributed by atoms with E-state index in [4.69, 9.17) is 0 Å². The molecule has 0 atom stereocenters. The molecule has 6 radical (unpaired) electrons. The van der Waals surface area contributed by atoms with E-state index < -0.39 is 0 Å². The molecule has 31 heavy (non-hydrogen) atoms. The summed E-state index contributed by atoms with van der Waals surface area (Å²) >= 11 is 0. The SMILES string of the molecule is CN(C)[CH-][C]1[CH]C=CC=C1.CN(C)[CH-][C]1[CH]C=CC=C1.CN(C)[CH-][C]1[CH]C=CC=C1.[La+3]. The molecule has 0 fully saturated rings. The summed E-state index contributed by atoms with van der Waals surface area (Å²) in [4.78, 5) is 6.11. The van der Waals surface area contributed by atoms with E-state index in [0.717, 1.165) is 0 Å². The summed E-state index contributed by atoms with van der Waals surface area (Å²) in [6.07, 6.45) is 30.8. The molecule has 0 saturated carbocycles. The number of nitrogens with zero attached hydrogens (tertiary/aromatic N) is 3. The zero-order valence-electron chi connectivity index (χ0n) is 19.8. The number of rotatable bonds is 6. The molecule has 0 aliphatic heterocycles. The Balaban J connectivity index is 0.000000429. The van der Waals surface area contributed by atoms with Gasteiger partial charge in [0.1, 0.15) is 0 Å². The molecule has 0 heterocycles. The fourth-order valence-electron chi connectivity index (χ4n) is 2.51. The van der Waals surface area contributed by atoms with Crippen molar-refractivity contribution in [3.05, 3.63) is 130 Å². The van der Waals surface area contributed by atoms with E-state index in [2.05, 4.69) is 57.1 Å². The molecule has 0 aromatic carbocycles. The first-order valence-corrected chi connectivity index (χ1v) is 10.1. The Labute approximate surface area is 220 Å². The van der Waals surface area contributed by atoms with Crippen molar-refractivity contribution in [3.8, 4) is 0 Å². The van der Waals surface area contributed by atoms with Gasteiger partial charge in [0.25, 0.3) is 0 Å². The van der Waals surface area contributed by atoms with Gasteiger partial charge in [-0.05, 0) is 61.5 Å². The topological polar surface area (TPSA) is 9.72 Å². The van der Waals surface area contributed by atoms with Crippen LogP contribution < -0.4 is 0 Å². The first-order chi connectivity index (χ1) is 14.4. The molecule has 3 nitrogen and oxygen atoms in total. The predicted octanol–water partition coefficient (Wildman–Crippen LogP) is 4.84. The normalized spacial score (nSPS) is 18.1. The van der Waals surface area contributed by atoms with Gasteiger partial charge in [-0.2, -0.15) is 0 Å². The third-order valence-corrected chi connectivity index (χ3v) is 3.62. The van der Waals surface area contributed by atoms with Crippen LogP contribution in [0.1, 0.15) is 0 Å². The van der Waals surface area contributed by atoms with Crippen LogP contribution in [0.5, 0.6) is 0 Å². The maximum absolute atomic E-state index is 2.08. The van der Waals surface area contributed by atoms with Gasteiger partial charge in [-0.15, -0.1) is 36.0 Å². The summed E-state index contributed by atoms with van der Waals surface area (Å²) < 4.78 is 0. The molecule has 0 spiro atoms. The molecule has 0 aromatic heterocycles. The molecule has 0 N–H and O–H groups in total. The van der Waals surface area contributed by atoms with Crippen molar-refractivity contribution >= 4 is 0 Å². The Morgan fingerprint density at radius 2 is 0.677 bits per heavy atom. The van der Waals surface area contributed by atoms with E-state index in [9.17, 15) is 0 Å². The fourth-order valence-corrected chi connectivity index (χ4v) is 2.51. The average molecular weight is 542 g/mol. The Hall–Kier alpha value is -0.485. The van der Waals surface area contributed by atoms with Crippen LogP contribution in [0.2, 0.25) is 0 Å². The summed E-state index contributed by atoms with van der Waals surface area (Å²) in [5.41, 5.74) is 0. The average Bonchev–Trinajstić information content (AvgIpc) is 2.70. The zero-order valence-corrected chi connectivity index (χ0v) is 23.4. The van der Waals surface area contributed by atoms with Crippen molar-refractivity contribution in [3.63, 3.8) is 0 Å². The van der Waals surface area contributed by atoms with Gasteiger partial charge in [0.2, 0.25) is 0 Å². The summed E-state index contributed by atoms with van der Waals surface area (Å²) in [7, 11) is 12.1. The summed E-state index contributed by atoms with van der Waals surface area (Å²) in [5.74, 6) is 3.73. The Kier molecular flexibility index (Phi) is 18.7. The molecular weight excluding hydrogens is 505 g/mol. The largest absolute Gasteiger partial charge is 3.00 e. The van der Waals surface area contributed by atoms with Crippen LogP contribution in [0, 0.1) is 92.2 Å². The van der Waals surface area contributed by atoms with Gasteiger partial charge in [0, 0.05) is 0 Å². The van der Waals surface area contributed by atoms with Gasteiger partial charge < -0.3 is 14.7 Å². The molecule has 4 heteroatoms. The maximum Gasteiger partial charge on any atom is 3.00 e. The molecule has 3 aliphatic carbocycles. The second kappa shape index (κ2) is 19.0. The molecule has 3 rings (SSSR count). The van der Waals surface area contributed by atoms with Crippen molar-refractivity contribution < 1.29 is 35.6 Å². The van der Waals surface area contributed by atoms with Crippen molar-refractivity contribution in [2.75, 3.05) is 42.3 Å². The monoisotopic (exact) mass is 541 g/mol. The van der Waals surface area contributed by atoms with Crippen LogP contribution in [0.15, 0.2) is 72.9 Å². The van der Waals surface area contributed by atoms with Crippen LogP contribution in [0.25, 0.3) is 0 Å². The summed E-state index contributed by atoms with van der Waals surface area (Å²) in [6, 6.07) is 0. The summed E-state index contributed by atoms with van der Waals surface area (Å²) in [6.45, 7) is 6.25. The van der Waals surface area contributed by atoms with Crippen molar-refractivity contribution in [1.82, 2.24) is 14.7 Å². The van der Waals surface area contributed by atoms with E-state index in [1.165, 1.54) is 17.8 Å². The molecule has 0 amide bonds. The third-order valence-electron chi connectivity index (χ3n) is 3.62. The minimum absolute atomic E-state index is 0. The van der Waals surface area contributed by atoms with Crippen LogP contribution >= 0.6 is 0 Å². The second-order valence-electron chi connectivity index (χ2n) is 7.51. The maximum atomic E-state index is 2.08. The van der Waals surface area contributed by atoms with Crippen molar-refractivity contribution in [2.24, 2.45) is 0 Å². The third kappa shape index (κ3) is 17.7. The van der Waals surface area contributed by atoms with Crippen molar-refractivity contribution in [1.29, 1.82) is 0 Å². The van der Waals surface area contributed by atoms with Crippen molar-refractivity contribution in [2.45, 2.75) is 0 Å². The standard InChI is InChI=1S/3C9H12N.La/c3*1-10(2)8-9-6-4-3-5-7-9;/h3*3-8H,1-2H3;/q3*-1;+3. The van der Waals surface area contributed by atoms with E-state index in [1.807, 2.05) is 112 Å². The van der Waals surface area contributed by atoms with E-state index >= 15 is 0 Å². The smallest absolute Gasteiger partial charge is 0.461 e. The molecule has 162 valence electrons. The minimum atomic E-state index is 0.